The molecule has 3 heterocycles. The molecule has 1 aliphatic rings. The summed E-state index contributed by atoms with van der Waals surface area (Å²) in [6, 6.07) is 1.60. The van der Waals surface area contributed by atoms with Crippen molar-refractivity contribution in [2.45, 2.75) is 38.3 Å². The lowest BCUT2D eigenvalue weighted by molar-refractivity contribution is -0.123. The zero-order chi connectivity index (χ0) is 15.5. The molecular weight excluding hydrogens is 300 g/mol. The Morgan fingerprint density at radius 1 is 1.59 bits per heavy atom. The van der Waals surface area contributed by atoms with Gasteiger partial charge in [0.25, 0.3) is 0 Å². The Labute approximate surface area is 133 Å². The van der Waals surface area contributed by atoms with E-state index in [0.29, 0.717) is 0 Å². The first-order valence-electron chi connectivity index (χ1n) is 7.60. The molecule has 0 aliphatic carbocycles. The molecular formula is C15H20N4O2S. The third-order valence-corrected chi connectivity index (χ3v) is 4.95. The Bertz CT molecular complexity index is 656. The molecule has 2 unspecified atom stereocenters. The van der Waals surface area contributed by atoms with Crippen LogP contribution in [0.4, 0.5) is 5.82 Å². The van der Waals surface area contributed by atoms with Gasteiger partial charge in [0.05, 0.1) is 18.0 Å². The van der Waals surface area contributed by atoms with E-state index in [-0.39, 0.29) is 24.6 Å². The van der Waals surface area contributed by atoms with E-state index in [4.69, 9.17) is 0 Å². The Hall–Kier alpha value is -1.73. The van der Waals surface area contributed by atoms with E-state index in [2.05, 4.69) is 20.2 Å². The van der Waals surface area contributed by atoms with Crippen LogP contribution in [0.25, 0.3) is 10.2 Å². The van der Waals surface area contributed by atoms with Crippen molar-refractivity contribution in [3.05, 3.63) is 17.8 Å². The molecule has 2 aromatic rings. The fourth-order valence-electron chi connectivity index (χ4n) is 2.87. The Balaban J connectivity index is 1.84. The monoisotopic (exact) mass is 320 g/mol. The van der Waals surface area contributed by atoms with E-state index in [1.165, 1.54) is 0 Å². The molecule has 0 spiro atoms. The summed E-state index contributed by atoms with van der Waals surface area (Å²) < 4.78 is 0. The van der Waals surface area contributed by atoms with Crippen molar-refractivity contribution < 1.29 is 9.90 Å². The zero-order valence-corrected chi connectivity index (χ0v) is 13.3. The first kappa shape index (κ1) is 15.2. The minimum atomic E-state index is -0.224. The van der Waals surface area contributed by atoms with Crippen LogP contribution >= 0.6 is 11.3 Å². The molecule has 3 rings (SSSR count). The van der Waals surface area contributed by atoms with E-state index in [0.717, 1.165) is 41.8 Å². The molecule has 0 radical (unpaired) electrons. The van der Waals surface area contributed by atoms with E-state index < -0.39 is 0 Å². The second-order valence-electron chi connectivity index (χ2n) is 5.48. The molecule has 0 bridgehead atoms. The molecule has 6 nitrogen and oxygen atoms in total. The van der Waals surface area contributed by atoms with Gasteiger partial charge in [-0.05, 0) is 30.7 Å². The normalized spacial score (nSPS) is 19.5. The number of amides is 1. The lowest BCUT2D eigenvalue weighted by Crippen LogP contribution is -2.48. The van der Waals surface area contributed by atoms with Crippen molar-refractivity contribution in [2.24, 2.45) is 0 Å². The minimum absolute atomic E-state index is 0.0274. The summed E-state index contributed by atoms with van der Waals surface area (Å²) in [6.45, 7) is 2.74. The molecule has 1 fully saturated rings. The molecule has 0 saturated carbocycles. The number of nitrogens with zero attached hydrogens (tertiary/aromatic N) is 3. The number of aromatic nitrogens is 2. The van der Waals surface area contributed by atoms with Crippen molar-refractivity contribution in [1.29, 1.82) is 0 Å². The van der Waals surface area contributed by atoms with Gasteiger partial charge in [0.1, 0.15) is 23.0 Å². The fourth-order valence-corrected chi connectivity index (χ4v) is 3.60. The van der Waals surface area contributed by atoms with Gasteiger partial charge in [0.2, 0.25) is 5.91 Å². The Morgan fingerprint density at radius 2 is 2.45 bits per heavy atom. The van der Waals surface area contributed by atoms with Gasteiger partial charge in [-0.1, -0.05) is 6.92 Å². The van der Waals surface area contributed by atoms with Gasteiger partial charge < -0.3 is 15.3 Å². The van der Waals surface area contributed by atoms with Crippen molar-refractivity contribution in [2.75, 3.05) is 18.1 Å². The molecule has 22 heavy (non-hydrogen) atoms. The number of rotatable bonds is 5. The summed E-state index contributed by atoms with van der Waals surface area (Å²) >= 11 is 1.58. The van der Waals surface area contributed by atoms with Crippen LogP contribution in [0.5, 0.6) is 0 Å². The van der Waals surface area contributed by atoms with E-state index in [1.54, 1.807) is 17.7 Å². The summed E-state index contributed by atoms with van der Waals surface area (Å²) in [7, 11) is 0. The number of aliphatic hydroxyl groups is 1. The highest BCUT2D eigenvalue weighted by molar-refractivity contribution is 7.16. The molecule has 0 aromatic carbocycles. The number of carbonyl (C=O) groups is 1. The third kappa shape index (κ3) is 2.78. The smallest absolute Gasteiger partial charge is 0.243 e. The van der Waals surface area contributed by atoms with E-state index in [9.17, 15) is 9.90 Å². The summed E-state index contributed by atoms with van der Waals surface area (Å²) in [5, 5.41) is 15.2. The van der Waals surface area contributed by atoms with E-state index in [1.807, 2.05) is 18.4 Å². The first-order chi connectivity index (χ1) is 10.7. The maximum absolute atomic E-state index is 12.5. The maximum atomic E-state index is 12.5. The van der Waals surface area contributed by atoms with E-state index >= 15 is 0 Å². The standard InChI is InChI=1S/C15H20N4O2S/c1-2-10(8-20)18-14(21)12-4-3-6-19(12)13-11-5-7-22-15(11)17-9-16-13/h5,7,9-10,12,20H,2-4,6,8H2,1H3,(H,18,21). The Morgan fingerprint density at radius 3 is 3.23 bits per heavy atom. The number of thiophene rings is 1. The van der Waals surface area contributed by atoms with Crippen LogP contribution in [0.3, 0.4) is 0 Å². The number of carbonyl (C=O) groups excluding carboxylic acids is 1. The second-order valence-corrected chi connectivity index (χ2v) is 6.38. The van der Waals surface area contributed by atoms with Crippen LogP contribution in [-0.4, -0.2) is 46.2 Å². The number of aliphatic hydroxyl groups excluding tert-OH is 1. The van der Waals surface area contributed by atoms with Gasteiger partial charge in [-0.3, -0.25) is 4.79 Å². The molecule has 118 valence electrons. The first-order valence-corrected chi connectivity index (χ1v) is 8.48. The molecule has 2 atom stereocenters. The average Bonchev–Trinajstić information content (AvgIpc) is 3.20. The highest BCUT2D eigenvalue weighted by Gasteiger charge is 2.33. The topological polar surface area (TPSA) is 78.4 Å². The predicted octanol–water partition coefficient (Wildman–Crippen LogP) is 1.55. The lowest BCUT2D eigenvalue weighted by Gasteiger charge is -2.26. The van der Waals surface area contributed by atoms with Gasteiger partial charge in [-0.2, -0.15) is 0 Å². The summed E-state index contributed by atoms with van der Waals surface area (Å²) in [5.74, 6) is 0.807. The van der Waals surface area contributed by atoms with Crippen LogP contribution < -0.4 is 10.2 Å². The summed E-state index contributed by atoms with van der Waals surface area (Å²) in [5.41, 5.74) is 0. The summed E-state index contributed by atoms with van der Waals surface area (Å²) in [4.78, 5) is 24.2. The predicted molar refractivity (Wildman–Crippen MR) is 87.1 cm³/mol. The highest BCUT2D eigenvalue weighted by atomic mass is 32.1. The maximum Gasteiger partial charge on any atom is 0.243 e. The highest BCUT2D eigenvalue weighted by Crippen LogP contribution is 2.31. The quantitative estimate of drug-likeness (QED) is 0.874. The Kier molecular flexibility index (Phi) is 4.54. The number of nitrogens with one attached hydrogen (secondary N) is 1. The van der Waals surface area contributed by atoms with Gasteiger partial charge >= 0.3 is 0 Å². The SMILES string of the molecule is CCC(CO)NC(=O)C1CCCN1c1ncnc2sccc12. The van der Waals surface area contributed by atoms with Crippen molar-refractivity contribution >= 4 is 33.3 Å². The average molecular weight is 320 g/mol. The van der Waals surface area contributed by atoms with Gasteiger partial charge in [-0.25, -0.2) is 9.97 Å². The third-order valence-electron chi connectivity index (χ3n) is 4.13. The van der Waals surface area contributed by atoms with Crippen LogP contribution in [-0.2, 0) is 4.79 Å². The second kappa shape index (κ2) is 6.58. The van der Waals surface area contributed by atoms with Crippen LogP contribution in [0.1, 0.15) is 26.2 Å². The van der Waals surface area contributed by atoms with Gasteiger partial charge in [0, 0.05) is 6.54 Å². The van der Waals surface area contributed by atoms with Crippen molar-refractivity contribution in [3.63, 3.8) is 0 Å². The molecule has 2 N–H and O–H groups in total. The molecule has 1 aliphatic heterocycles. The van der Waals surface area contributed by atoms with Crippen molar-refractivity contribution in [3.8, 4) is 0 Å². The largest absolute Gasteiger partial charge is 0.394 e. The number of hydrogen-bond acceptors (Lipinski definition) is 6. The molecule has 1 amide bonds. The summed E-state index contributed by atoms with van der Waals surface area (Å²) in [6.07, 6.45) is 4.05. The molecule has 2 aromatic heterocycles. The van der Waals surface area contributed by atoms with Crippen molar-refractivity contribution in [1.82, 2.24) is 15.3 Å². The van der Waals surface area contributed by atoms with Gasteiger partial charge in [0.15, 0.2) is 0 Å². The fraction of sp³-hybridized carbons (Fsp3) is 0.533. The molecule has 1 saturated heterocycles. The molecule has 7 heteroatoms. The zero-order valence-electron chi connectivity index (χ0n) is 12.5. The lowest BCUT2D eigenvalue weighted by atomic mass is 10.1. The number of anilines is 1. The number of fused-ring (bicyclic) bond motifs is 1. The van der Waals surface area contributed by atoms with Crippen LogP contribution in [0, 0.1) is 0 Å². The number of hydrogen-bond donors (Lipinski definition) is 2. The van der Waals surface area contributed by atoms with Crippen LogP contribution in [0.15, 0.2) is 17.8 Å². The van der Waals surface area contributed by atoms with Crippen LogP contribution in [0.2, 0.25) is 0 Å². The minimum Gasteiger partial charge on any atom is -0.394 e. The van der Waals surface area contributed by atoms with Gasteiger partial charge in [-0.15, -0.1) is 11.3 Å².